The number of rotatable bonds is 5. The fourth-order valence-corrected chi connectivity index (χ4v) is 5.10. The van der Waals surface area contributed by atoms with Crippen LogP contribution >= 0.6 is 0 Å². The Hall–Kier alpha value is -1.96. The smallest absolute Gasteiger partial charge is 0.363 e. The van der Waals surface area contributed by atoms with Crippen molar-refractivity contribution in [3.63, 3.8) is 0 Å². The Bertz CT molecular complexity index is 880. The van der Waals surface area contributed by atoms with Crippen LogP contribution in [0.3, 0.4) is 0 Å². The summed E-state index contributed by atoms with van der Waals surface area (Å²) in [7, 11) is -1.98. The lowest BCUT2D eigenvalue weighted by molar-refractivity contribution is -0.384. The highest BCUT2D eigenvalue weighted by molar-refractivity contribution is 7.89. The van der Waals surface area contributed by atoms with Gasteiger partial charge >= 0.3 is 6.18 Å². The van der Waals surface area contributed by atoms with Crippen molar-refractivity contribution in [3.05, 3.63) is 28.3 Å². The van der Waals surface area contributed by atoms with E-state index in [4.69, 9.17) is 0 Å². The number of piperazine rings is 2. The second-order valence-corrected chi connectivity index (χ2v) is 9.43. The molecule has 0 unspecified atom stereocenters. The van der Waals surface area contributed by atoms with Crippen molar-refractivity contribution in [1.29, 1.82) is 0 Å². The van der Waals surface area contributed by atoms with Gasteiger partial charge in [-0.05, 0) is 19.2 Å². The molecule has 2 fully saturated rings. The normalized spacial score (nSPS) is 20.5. The molecule has 13 heteroatoms. The summed E-state index contributed by atoms with van der Waals surface area (Å²) in [4.78, 5) is 15.7. The first-order chi connectivity index (χ1) is 14.0. The van der Waals surface area contributed by atoms with Crippen LogP contribution in [-0.2, 0) is 10.0 Å². The lowest BCUT2D eigenvalue weighted by Crippen LogP contribution is -2.49. The van der Waals surface area contributed by atoms with Gasteiger partial charge in [-0.3, -0.25) is 15.0 Å². The maximum atomic E-state index is 12.9. The largest absolute Gasteiger partial charge is 0.401 e. The van der Waals surface area contributed by atoms with Crippen LogP contribution in [0.15, 0.2) is 23.1 Å². The van der Waals surface area contributed by atoms with Gasteiger partial charge in [0.25, 0.3) is 5.69 Å². The number of sulfonamides is 1. The minimum Gasteiger partial charge on any atom is -0.363 e. The number of hydrogen-bond acceptors (Lipinski definition) is 7. The summed E-state index contributed by atoms with van der Waals surface area (Å²) < 4.78 is 64.7. The summed E-state index contributed by atoms with van der Waals surface area (Å²) in [5, 5.41) is 11.6. The van der Waals surface area contributed by atoms with E-state index in [9.17, 15) is 31.7 Å². The molecule has 2 aliphatic rings. The molecular formula is C17H24F3N5O4S. The maximum absolute atomic E-state index is 12.9. The van der Waals surface area contributed by atoms with Gasteiger partial charge in [-0.15, -0.1) is 0 Å². The first-order valence-corrected chi connectivity index (χ1v) is 10.9. The van der Waals surface area contributed by atoms with Crippen molar-refractivity contribution < 1.29 is 26.5 Å². The standard InChI is InChI=1S/C17H24F3N5O4S/c1-21-4-10-24(11-5-21)30(28,29)14-2-3-15(16(12-14)25(26)27)23-8-6-22(7-9-23)13-17(18,19)20/h2-3,12H,4-11,13H2,1H3. The number of alkyl halides is 3. The number of halogens is 3. The van der Waals surface area contributed by atoms with Crippen LogP contribution in [0.5, 0.6) is 0 Å². The molecule has 0 aromatic heterocycles. The van der Waals surface area contributed by atoms with Crippen LogP contribution in [0.1, 0.15) is 0 Å². The average Bonchev–Trinajstić information content (AvgIpc) is 2.67. The van der Waals surface area contributed by atoms with Crippen molar-refractivity contribution in [2.75, 3.05) is 70.9 Å². The lowest BCUT2D eigenvalue weighted by atomic mass is 10.2. The Kier molecular flexibility index (Phi) is 6.55. The fourth-order valence-electron chi connectivity index (χ4n) is 3.66. The molecule has 168 valence electrons. The molecule has 0 aliphatic carbocycles. The molecule has 2 heterocycles. The zero-order chi connectivity index (χ0) is 22.1. The third-order valence-electron chi connectivity index (χ3n) is 5.36. The van der Waals surface area contributed by atoms with E-state index in [1.807, 2.05) is 11.9 Å². The van der Waals surface area contributed by atoms with E-state index in [-0.39, 0.29) is 42.4 Å². The zero-order valence-corrected chi connectivity index (χ0v) is 17.3. The third kappa shape index (κ3) is 5.20. The van der Waals surface area contributed by atoms with Gasteiger partial charge in [-0.2, -0.15) is 17.5 Å². The number of likely N-dealkylation sites (N-methyl/N-ethyl adjacent to an activating group) is 1. The minimum absolute atomic E-state index is 0.109. The van der Waals surface area contributed by atoms with E-state index < -0.39 is 27.7 Å². The van der Waals surface area contributed by atoms with Gasteiger partial charge in [0.15, 0.2) is 0 Å². The molecule has 0 amide bonds. The lowest BCUT2D eigenvalue weighted by Gasteiger charge is -2.36. The molecule has 30 heavy (non-hydrogen) atoms. The molecule has 0 spiro atoms. The fraction of sp³-hybridized carbons (Fsp3) is 0.647. The molecule has 9 nitrogen and oxygen atoms in total. The molecule has 0 saturated carbocycles. The molecule has 3 rings (SSSR count). The van der Waals surface area contributed by atoms with Crippen LogP contribution in [0.4, 0.5) is 24.5 Å². The maximum Gasteiger partial charge on any atom is 0.401 e. The topological polar surface area (TPSA) is 90.2 Å². The van der Waals surface area contributed by atoms with E-state index in [1.54, 1.807) is 4.90 Å². The van der Waals surface area contributed by atoms with Crippen LogP contribution in [-0.4, -0.2) is 99.6 Å². The van der Waals surface area contributed by atoms with Gasteiger partial charge in [0.1, 0.15) is 5.69 Å². The Morgan fingerprint density at radius 1 is 1.03 bits per heavy atom. The molecule has 2 saturated heterocycles. The first-order valence-electron chi connectivity index (χ1n) is 9.48. The molecule has 1 aromatic rings. The van der Waals surface area contributed by atoms with Crippen molar-refractivity contribution >= 4 is 21.4 Å². The highest BCUT2D eigenvalue weighted by Gasteiger charge is 2.34. The molecule has 0 atom stereocenters. The summed E-state index contributed by atoms with van der Waals surface area (Å²) in [5.41, 5.74) is -0.154. The van der Waals surface area contributed by atoms with Gasteiger partial charge in [0.2, 0.25) is 10.0 Å². The monoisotopic (exact) mass is 451 g/mol. The van der Waals surface area contributed by atoms with Crippen LogP contribution < -0.4 is 4.90 Å². The summed E-state index contributed by atoms with van der Waals surface area (Å²) in [5.74, 6) is 0. The van der Waals surface area contributed by atoms with Crippen molar-refractivity contribution in [1.82, 2.24) is 14.1 Å². The molecule has 0 N–H and O–H groups in total. The Morgan fingerprint density at radius 2 is 1.63 bits per heavy atom. The minimum atomic E-state index is -4.30. The number of benzene rings is 1. The summed E-state index contributed by atoms with van der Waals surface area (Å²) in [6, 6.07) is 3.75. The van der Waals surface area contributed by atoms with E-state index in [0.717, 1.165) is 6.07 Å². The predicted octanol–water partition coefficient (Wildman–Crippen LogP) is 1.22. The van der Waals surface area contributed by atoms with Crippen LogP contribution in [0.25, 0.3) is 0 Å². The number of nitro benzene ring substituents is 1. The Balaban J connectivity index is 1.79. The molecule has 2 aliphatic heterocycles. The number of nitrogens with zero attached hydrogens (tertiary/aromatic N) is 5. The number of hydrogen-bond donors (Lipinski definition) is 0. The second-order valence-electron chi connectivity index (χ2n) is 7.49. The molecule has 0 radical (unpaired) electrons. The van der Waals surface area contributed by atoms with Gasteiger partial charge in [-0.1, -0.05) is 0 Å². The van der Waals surface area contributed by atoms with Gasteiger partial charge in [0.05, 0.1) is 16.4 Å². The molecular weight excluding hydrogens is 427 g/mol. The van der Waals surface area contributed by atoms with Gasteiger partial charge in [0, 0.05) is 58.4 Å². The molecule has 0 bridgehead atoms. The SMILES string of the molecule is CN1CCN(S(=O)(=O)c2ccc(N3CCN(CC(F)(F)F)CC3)c([N+](=O)[O-])c2)CC1. The first kappa shape index (κ1) is 22.7. The van der Waals surface area contributed by atoms with Crippen molar-refractivity contribution in [2.24, 2.45) is 0 Å². The summed E-state index contributed by atoms with van der Waals surface area (Å²) >= 11 is 0. The summed E-state index contributed by atoms with van der Waals surface area (Å²) in [6.45, 7) is 1.30. The predicted molar refractivity (Wildman–Crippen MR) is 104 cm³/mol. The van der Waals surface area contributed by atoms with E-state index >= 15 is 0 Å². The number of anilines is 1. The highest BCUT2D eigenvalue weighted by atomic mass is 32.2. The Labute approximate surface area is 172 Å². The van der Waals surface area contributed by atoms with Gasteiger partial charge < -0.3 is 9.80 Å². The third-order valence-corrected chi connectivity index (χ3v) is 7.25. The van der Waals surface area contributed by atoms with Gasteiger partial charge in [-0.25, -0.2) is 8.42 Å². The Morgan fingerprint density at radius 3 is 2.17 bits per heavy atom. The molecule has 1 aromatic carbocycles. The van der Waals surface area contributed by atoms with Crippen LogP contribution in [0, 0.1) is 10.1 Å². The second kappa shape index (κ2) is 8.65. The summed E-state index contributed by atoms with van der Waals surface area (Å²) in [6.07, 6.45) is -4.30. The van der Waals surface area contributed by atoms with E-state index in [1.165, 1.54) is 21.3 Å². The van der Waals surface area contributed by atoms with Crippen LogP contribution in [0.2, 0.25) is 0 Å². The zero-order valence-electron chi connectivity index (χ0n) is 16.5. The van der Waals surface area contributed by atoms with E-state index in [2.05, 4.69) is 0 Å². The highest BCUT2D eigenvalue weighted by Crippen LogP contribution is 2.33. The van der Waals surface area contributed by atoms with Crippen molar-refractivity contribution in [3.8, 4) is 0 Å². The number of nitro groups is 1. The van der Waals surface area contributed by atoms with Crippen molar-refractivity contribution in [2.45, 2.75) is 11.1 Å². The quantitative estimate of drug-likeness (QED) is 0.491. The average molecular weight is 451 g/mol. The van der Waals surface area contributed by atoms with E-state index in [0.29, 0.717) is 26.2 Å².